The van der Waals surface area contributed by atoms with Crippen LogP contribution in [-0.2, 0) is 0 Å². The Bertz CT molecular complexity index is 167. The van der Waals surface area contributed by atoms with Gasteiger partial charge in [-0.25, -0.2) is 8.78 Å². The van der Waals surface area contributed by atoms with E-state index < -0.39 is 5.92 Å². The van der Waals surface area contributed by atoms with Gasteiger partial charge in [-0.3, -0.25) is 0 Å². The minimum atomic E-state index is -2.41. The van der Waals surface area contributed by atoms with Crippen LogP contribution in [-0.4, -0.2) is 11.8 Å². The van der Waals surface area contributed by atoms with Crippen LogP contribution in [0.4, 0.5) is 8.78 Å². The van der Waals surface area contributed by atoms with Crippen LogP contribution in [0.1, 0.15) is 25.7 Å². The Balaban J connectivity index is 2.00. The average molecular weight is 181 g/mol. The Morgan fingerprint density at radius 1 is 1.27 bits per heavy atom. The van der Waals surface area contributed by atoms with Crippen LogP contribution in [0.3, 0.4) is 0 Å². The minimum Gasteiger partial charge on any atom is -0.207 e. The van der Waals surface area contributed by atoms with Crippen LogP contribution in [0.25, 0.3) is 0 Å². The molecule has 0 unspecified atom stereocenters. The topological polar surface area (TPSA) is 0 Å². The molecule has 3 heteroatoms. The lowest BCUT2D eigenvalue weighted by atomic mass is 9.64. The molecule has 0 saturated heterocycles. The number of hydrogen-bond acceptors (Lipinski definition) is 0. The first-order valence-electron chi connectivity index (χ1n) is 4.02. The molecule has 64 valence electrons. The van der Waals surface area contributed by atoms with Gasteiger partial charge in [-0.1, -0.05) is 0 Å². The van der Waals surface area contributed by atoms with Gasteiger partial charge in [0.1, 0.15) is 0 Å². The predicted octanol–water partition coefficient (Wildman–Crippen LogP) is 3.05. The predicted molar refractivity (Wildman–Crippen MR) is 40.1 cm³/mol. The molecule has 0 aromatic carbocycles. The van der Waals surface area contributed by atoms with Crippen molar-refractivity contribution in [1.82, 2.24) is 0 Å². The van der Waals surface area contributed by atoms with E-state index in [0.29, 0.717) is 11.8 Å². The van der Waals surface area contributed by atoms with Crippen molar-refractivity contribution >= 4 is 11.6 Å². The van der Waals surface area contributed by atoms with Gasteiger partial charge in [-0.2, -0.15) is 0 Å². The summed E-state index contributed by atoms with van der Waals surface area (Å²) in [4.78, 5) is 0. The van der Waals surface area contributed by atoms with E-state index >= 15 is 0 Å². The highest BCUT2D eigenvalue weighted by molar-refractivity contribution is 6.18. The quantitative estimate of drug-likeness (QED) is 0.573. The molecule has 2 rings (SSSR count). The fraction of sp³-hybridized carbons (Fsp3) is 1.00. The van der Waals surface area contributed by atoms with Crippen molar-refractivity contribution in [2.75, 3.05) is 5.88 Å². The average Bonchev–Trinajstić information content (AvgIpc) is 2.62. The molecular formula is C8H11ClF2. The van der Waals surface area contributed by atoms with Crippen molar-refractivity contribution in [1.29, 1.82) is 0 Å². The zero-order valence-corrected chi connectivity index (χ0v) is 7.00. The van der Waals surface area contributed by atoms with E-state index in [1.807, 2.05) is 0 Å². The Labute approximate surface area is 69.9 Å². The first kappa shape index (κ1) is 7.78. The second-order valence-corrected chi connectivity index (χ2v) is 4.25. The van der Waals surface area contributed by atoms with Gasteiger partial charge in [0.25, 0.3) is 0 Å². The van der Waals surface area contributed by atoms with Gasteiger partial charge in [0, 0.05) is 18.7 Å². The molecule has 2 fully saturated rings. The van der Waals surface area contributed by atoms with Gasteiger partial charge in [0.05, 0.1) is 0 Å². The van der Waals surface area contributed by atoms with Crippen LogP contribution in [0.5, 0.6) is 0 Å². The molecule has 0 spiro atoms. The van der Waals surface area contributed by atoms with Gasteiger partial charge < -0.3 is 0 Å². The second kappa shape index (κ2) is 2.09. The third-order valence-electron chi connectivity index (χ3n) is 2.93. The molecule has 2 aliphatic carbocycles. The van der Waals surface area contributed by atoms with Crippen molar-refractivity contribution in [3.05, 3.63) is 0 Å². The van der Waals surface area contributed by atoms with Crippen LogP contribution in [0, 0.1) is 11.3 Å². The third kappa shape index (κ3) is 1.16. The summed E-state index contributed by atoms with van der Waals surface area (Å²) < 4.78 is 25.1. The van der Waals surface area contributed by atoms with E-state index in [1.54, 1.807) is 0 Å². The molecular weight excluding hydrogens is 170 g/mol. The Morgan fingerprint density at radius 2 is 1.82 bits per heavy atom. The molecule has 0 amide bonds. The molecule has 2 saturated carbocycles. The standard InChI is InChI=1S/C8H11ClF2/c9-5-7(6-1-2-6)3-8(10,11)4-7/h6H,1-5H2. The highest BCUT2D eigenvalue weighted by Gasteiger charge is 2.61. The van der Waals surface area contributed by atoms with Crippen LogP contribution in [0.2, 0.25) is 0 Å². The summed E-state index contributed by atoms with van der Waals surface area (Å²) in [6.07, 6.45) is 2.30. The van der Waals surface area contributed by atoms with Crippen LogP contribution in [0.15, 0.2) is 0 Å². The fourth-order valence-electron chi connectivity index (χ4n) is 2.17. The summed E-state index contributed by atoms with van der Waals surface area (Å²) in [7, 11) is 0. The summed E-state index contributed by atoms with van der Waals surface area (Å²) in [6, 6.07) is 0. The fourth-order valence-corrected chi connectivity index (χ4v) is 2.57. The highest BCUT2D eigenvalue weighted by Crippen LogP contribution is 2.63. The summed E-state index contributed by atoms with van der Waals surface area (Å²) >= 11 is 5.69. The largest absolute Gasteiger partial charge is 0.249 e. The van der Waals surface area contributed by atoms with E-state index in [-0.39, 0.29) is 18.3 Å². The summed E-state index contributed by atoms with van der Waals surface area (Å²) in [5.41, 5.74) is -0.176. The zero-order chi connectivity index (χ0) is 8.11. The summed E-state index contributed by atoms with van der Waals surface area (Å²) in [5.74, 6) is -1.47. The first-order chi connectivity index (χ1) is 5.08. The third-order valence-corrected chi connectivity index (χ3v) is 3.46. The SMILES string of the molecule is FC1(F)CC(CCl)(C2CC2)C1. The van der Waals surface area contributed by atoms with Gasteiger partial charge in [0.15, 0.2) is 0 Å². The second-order valence-electron chi connectivity index (χ2n) is 3.98. The Kier molecular flexibility index (Phi) is 1.48. The number of halogens is 3. The maximum Gasteiger partial charge on any atom is 0.249 e. The number of hydrogen-bond donors (Lipinski definition) is 0. The van der Waals surface area contributed by atoms with Crippen molar-refractivity contribution < 1.29 is 8.78 Å². The van der Waals surface area contributed by atoms with Gasteiger partial charge in [-0.05, 0) is 24.2 Å². The van der Waals surface area contributed by atoms with Crippen molar-refractivity contribution in [3.8, 4) is 0 Å². The van der Waals surface area contributed by atoms with E-state index in [1.165, 1.54) is 0 Å². The maximum absolute atomic E-state index is 12.5. The smallest absolute Gasteiger partial charge is 0.207 e. The highest BCUT2D eigenvalue weighted by atomic mass is 35.5. The Hall–Kier alpha value is 0.150. The van der Waals surface area contributed by atoms with Crippen molar-refractivity contribution in [3.63, 3.8) is 0 Å². The van der Waals surface area contributed by atoms with Crippen molar-refractivity contribution in [2.24, 2.45) is 11.3 Å². The molecule has 2 aliphatic rings. The number of alkyl halides is 3. The van der Waals surface area contributed by atoms with Crippen LogP contribution < -0.4 is 0 Å². The van der Waals surface area contributed by atoms with Gasteiger partial charge >= 0.3 is 0 Å². The first-order valence-corrected chi connectivity index (χ1v) is 4.55. The lowest BCUT2D eigenvalue weighted by Gasteiger charge is -2.46. The molecule has 0 aliphatic heterocycles. The summed E-state index contributed by atoms with van der Waals surface area (Å²) in [5, 5.41) is 0. The molecule has 0 radical (unpaired) electrons. The Morgan fingerprint density at radius 3 is 2.09 bits per heavy atom. The van der Waals surface area contributed by atoms with E-state index in [9.17, 15) is 8.78 Å². The normalized spacial score (nSPS) is 33.0. The lowest BCUT2D eigenvalue weighted by Crippen LogP contribution is -2.48. The van der Waals surface area contributed by atoms with E-state index in [2.05, 4.69) is 0 Å². The lowest BCUT2D eigenvalue weighted by molar-refractivity contribution is -0.160. The monoisotopic (exact) mass is 180 g/mol. The summed E-state index contributed by atoms with van der Waals surface area (Å²) in [6.45, 7) is 0. The molecule has 0 N–H and O–H groups in total. The molecule has 0 bridgehead atoms. The molecule has 0 aromatic rings. The van der Waals surface area contributed by atoms with E-state index in [4.69, 9.17) is 11.6 Å². The molecule has 11 heavy (non-hydrogen) atoms. The van der Waals surface area contributed by atoms with Crippen LogP contribution >= 0.6 is 11.6 Å². The molecule has 0 aromatic heterocycles. The molecule has 0 heterocycles. The van der Waals surface area contributed by atoms with Gasteiger partial charge in [0.2, 0.25) is 5.92 Å². The molecule has 0 nitrogen and oxygen atoms in total. The molecule has 0 atom stereocenters. The van der Waals surface area contributed by atoms with Gasteiger partial charge in [-0.15, -0.1) is 11.6 Å². The van der Waals surface area contributed by atoms with Crippen molar-refractivity contribution in [2.45, 2.75) is 31.6 Å². The van der Waals surface area contributed by atoms with E-state index in [0.717, 1.165) is 12.8 Å². The number of rotatable bonds is 2. The zero-order valence-electron chi connectivity index (χ0n) is 6.25. The maximum atomic E-state index is 12.5. The minimum absolute atomic E-state index is 0.0359.